The topological polar surface area (TPSA) is 57.1 Å². The number of nitrogens with one attached hydrogen (secondary N) is 1. The van der Waals surface area contributed by atoms with Gasteiger partial charge in [-0.1, -0.05) is 18.2 Å². The smallest absolute Gasteiger partial charge is 0.283 e. The minimum absolute atomic E-state index is 0.0605. The summed E-state index contributed by atoms with van der Waals surface area (Å²) in [4.78, 5) is 17.8. The van der Waals surface area contributed by atoms with E-state index in [4.69, 9.17) is 0 Å². The van der Waals surface area contributed by atoms with Crippen LogP contribution in [0.15, 0.2) is 40.4 Å². The van der Waals surface area contributed by atoms with Crippen LogP contribution in [0.4, 0.5) is 5.69 Å². The van der Waals surface area contributed by atoms with Crippen LogP contribution in [0.1, 0.15) is 0 Å². The summed E-state index contributed by atoms with van der Waals surface area (Å²) < 4.78 is 0. The van der Waals surface area contributed by atoms with E-state index in [-0.39, 0.29) is 5.91 Å². The molecule has 3 rings (SSSR count). The van der Waals surface area contributed by atoms with Crippen molar-refractivity contribution in [1.82, 2.24) is 4.90 Å². The highest BCUT2D eigenvalue weighted by Gasteiger charge is 2.37. The van der Waals surface area contributed by atoms with Crippen molar-refractivity contribution in [2.24, 2.45) is 10.1 Å². The summed E-state index contributed by atoms with van der Waals surface area (Å²) >= 11 is 1.32. The number of nitrogens with zero attached hydrogens (tertiary/aromatic N) is 3. The van der Waals surface area contributed by atoms with E-state index in [0.717, 1.165) is 10.9 Å². The predicted molar refractivity (Wildman–Crippen MR) is 69.1 cm³/mol. The predicted octanol–water partition coefficient (Wildman–Crippen LogP) is 1.36. The van der Waals surface area contributed by atoms with E-state index in [9.17, 15) is 4.79 Å². The van der Waals surface area contributed by atoms with Gasteiger partial charge >= 0.3 is 0 Å². The van der Waals surface area contributed by atoms with Gasteiger partial charge in [0, 0.05) is 6.54 Å². The molecule has 0 saturated carbocycles. The highest BCUT2D eigenvalue weighted by Crippen LogP contribution is 2.25. The van der Waals surface area contributed by atoms with E-state index >= 15 is 0 Å². The molecule has 0 radical (unpaired) electrons. The molecule has 1 N–H and O–H groups in total. The van der Waals surface area contributed by atoms with Gasteiger partial charge < -0.3 is 0 Å². The maximum absolute atomic E-state index is 11.9. The van der Waals surface area contributed by atoms with Gasteiger partial charge in [0.15, 0.2) is 10.2 Å². The molecule has 2 aliphatic heterocycles. The fourth-order valence-corrected chi connectivity index (χ4v) is 2.55. The number of hydrazone groups is 1. The summed E-state index contributed by atoms with van der Waals surface area (Å²) in [6, 6.07) is 9.54. The number of anilines is 1. The number of thioether (sulfide) groups is 1. The third-order valence-corrected chi connectivity index (χ3v) is 3.47. The zero-order valence-electron chi connectivity index (χ0n) is 8.96. The first-order valence-corrected chi connectivity index (χ1v) is 6.09. The van der Waals surface area contributed by atoms with E-state index in [1.165, 1.54) is 11.8 Å². The molecule has 1 amide bonds. The second kappa shape index (κ2) is 4.21. The molecule has 0 atom stereocenters. The maximum atomic E-state index is 11.9. The van der Waals surface area contributed by atoms with Crippen LogP contribution in [0.3, 0.4) is 0 Å². The number of carbonyl (C=O) groups is 1. The molecule has 2 aliphatic rings. The average Bonchev–Trinajstić information content (AvgIpc) is 2.92. The number of benzene rings is 1. The summed E-state index contributed by atoms with van der Waals surface area (Å²) in [7, 11) is 0. The summed E-state index contributed by atoms with van der Waals surface area (Å²) in [5.41, 5.74) is 3.73. The van der Waals surface area contributed by atoms with Crippen molar-refractivity contribution in [3.05, 3.63) is 30.3 Å². The number of para-hydroxylation sites is 1. The van der Waals surface area contributed by atoms with Crippen LogP contribution >= 0.6 is 11.8 Å². The molecule has 5 nitrogen and oxygen atoms in total. The number of rotatable bonds is 2. The molecule has 0 bridgehead atoms. The highest BCUT2D eigenvalue weighted by atomic mass is 32.2. The Labute approximate surface area is 103 Å². The SMILES string of the molecule is O=C1/C(=N\Nc2ccccc2)SC2=NCCN12. The summed E-state index contributed by atoms with van der Waals surface area (Å²) in [6.45, 7) is 1.37. The van der Waals surface area contributed by atoms with Crippen LogP contribution in [0, 0.1) is 0 Å². The summed E-state index contributed by atoms with van der Waals surface area (Å²) in [6.07, 6.45) is 0. The van der Waals surface area contributed by atoms with Gasteiger partial charge in [0.25, 0.3) is 5.91 Å². The molecule has 0 unspecified atom stereocenters. The van der Waals surface area contributed by atoms with Gasteiger partial charge in [-0.3, -0.25) is 20.1 Å². The van der Waals surface area contributed by atoms with Crippen LogP contribution in [0.25, 0.3) is 0 Å². The Bertz CT molecular complexity index is 511. The molecule has 6 heteroatoms. The Hall–Kier alpha value is -1.82. The minimum atomic E-state index is -0.0605. The van der Waals surface area contributed by atoms with E-state index in [2.05, 4.69) is 15.5 Å². The van der Waals surface area contributed by atoms with Crippen molar-refractivity contribution in [3.8, 4) is 0 Å². The van der Waals surface area contributed by atoms with Crippen molar-refractivity contribution >= 4 is 33.6 Å². The van der Waals surface area contributed by atoms with Gasteiger partial charge in [-0.25, -0.2) is 0 Å². The van der Waals surface area contributed by atoms with Gasteiger partial charge in [0.05, 0.1) is 12.2 Å². The number of amides is 1. The Morgan fingerprint density at radius 3 is 2.94 bits per heavy atom. The van der Waals surface area contributed by atoms with Crippen molar-refractivity contribution in [2.75, 3.05) is 18.5 Å². The summed E-state index contributed by atoms with van der Waals surface area (Å²) in [5, 5.41) is 5.33. The monoisotopic (exact) mass is 246 g/mol. The van der Waals surface area contributed by atoms with Crippen LogP contribution < -0.4 is 5.43 Å². The van der Waals surface area contributed by atoms with E-state index < -0.39 is 0 Å². The van der Waals surface area contributed by atoms with Crippen LogP contribution in [0.5, 0.6) is 0 Å². The average molecular weight is 246 g/mol. The van der Waals surface area contributed by atoms with E-state index in [0.29, 0.717) is 18.1 Å². The largest absolute Gasteiger partial charge is 0.287 e. The number of amidine groups is 1. The summed E-state index contributed by atoms with van der Waals surface area (Å²) in [5.74, 6) is -0.0605. The van der Waals surface area contributed by atoms with Crippen molar-refractivity contribution in [2.45, 2.75) is 0 Å². The van der Waals surface area contributed by atoms with Crippen LogP contribution in [-0.2, 0) is 4.79 Å². The first-order valence-electron chi connectivity index (χ1n) is 5.27. The van der Waals surface area contributed by atoms with Crippen molar-refractivity contribution < 1.29 is 4.79 Å². The van der Waals surface area contributed by atoms with E-state index in [1.54, 1.807) is 4.90 Å². The Morgan fingerprint density at radius 2 is 2.18 bits per heavy atom. The molecule has 2 heterocycles. The molecular weight excluding hydrogens is 236 g/mol. The molecule has 1 fully saturated rings. The van der Waals surface area contributed by atoms with Gasteiger partial charge in [-0.05, 0) is 23.9 Å². The fourth-order valence-electron chi connectivity index (χ4n) is 1.65. The first kappa shape index (κ1) is 10.3. The lowest BCUT2D eigenvalue weighted by molar-refractivity contribution is -0.119. The molecule has 0 aliphatic carbocycles. The number of hydrogen-bond acceptors (Lipinski definition) is 5. The third kappa shape index (κ3) is 1.91. The Balaban J connectivity index is 1.76. The molecular formula is C11H10N4OS. The van der Waals surface area contributed by atoms with E-state index in [1.807, 2.05) is 30.3 Å². The zero-order chi connectivity index (χ0) is 11.7. The quantitative estimate of drug-likeness (QED) is 0.801. The minimum Gasteiger partial charge on any atom is -0.283 e. The molecule has 1 aromatic carbocycles. The normalized spacial score (nSPS) is 20.7. The molecule has 1 saturated heterocycles. The molecule has 1 aromatic rings. The Morgan fingerprint density at radius 1 is 1.35 bits per heavy atom. The number of carbonyl (C=O) groups excluding carboxylic acids is 1. The second-order valence-corrected chi connectivity index (χ2v) is 4.57. The van der Waals surface area contributed by atoms with Gasteiger partial charge in [-0.15, -0.1) is 0 Å². The number of fused-ring (bicyclic) bond motifs is 1. The number of hydrogen-bond donors (Lipinski definition) is 1. The lowest BCUT2D eigenvalue weighted by Crippen LogP contribution is -2.28. The van der Waals surface area contributed by atoms with Crippen LogP contribution in [0.2, 0.25) is 0 Å². The first-order chi connectivity index (χ1) is 8.34. The second-order valence-electron chi connectivity index (χ2n) is 3.62. The third-order valence-electron chi connectivity index (χ3n) is 2.48. The maximum Gasteiger partial charge on any atom is 0.287 e. The van der Waals surface area contributed by atoms with Gasteiger partial charge in [0.2, 0.25) is 0 Å². The van der Waals surface area contributed by atoms with Crippen molar-refractivity contribution in [1.29, 1.82) is 0 Å². The standard InChI is InChI=1S/C11H10N4OS/c16-10-9(17-11-12-6-7-15(10)11)14-13-8-4-2-1-3-5-8/h1-5,13H,6-7H2/b14-9+. The molecule has 0 aromatic heterocycles. The lowest BCUT2D eigenvalue weighted by Gasteiger charge is -2.05. The fraction of sp³-hybridized carbons (Fsp3) is 0.182. The van der Waals surface area contributed by atoms with Crippen LogP contribution in [-0.4, -0.2) is 34.1 Å². The zero-order valence-corrected chi connectivity index (χ0v) is 9.78. The lowest BCUT2D eigenvalue weighted by atomic mass is 10.3. The van der Waals surface area contributed by atoms with Crippen molar-refractivity contribution in [3.63, 3.8) is 0 Å². The highest BCUT2D eigenvalue weighted by molar-refractivity contribution is 8.29. The molecule has 0 spiro atoms. The Kier molecular flexibility index (Phi) is 2.56. The molecule has 86 valence electrons. The van der Waals surface area contributed by atoms with Gasteiger partial charge in [-0.2, -0.15) is 5.10 Å². The van der Waals surface area contributed by atoms with Gasteiger partial charge in [0.1, 0.15) is 0 Å². The number of aliphatic imine (C=N–C) groups is 1. The molecule has 17 heavy (non-hydrogen) atoms.